The topological polar surface area (TPSA) is 133 Å². The van der Waals surface area contributed by atoms with Crippen molar-refractivity contribution in [2.45, 2.75) is 49.4 Å². The standard InChI is InChI=1S/C26H33N7O4/c1-36-15-4-6-19-17(8-15)26(24(35)28-19)9-18(26)13-3-5-16-20(7-13)31-32-22(16)29-23-21(37-2)10-27-25(30-23)33-11-14(34)12-33/h4,6,8,10,13-14,16,18,20,22,31-32,34H,3,5,7,9,11-12H2,1-2H3,(H,28,35)(H,27,29,30)/t13?,16?,18-,20?,22?,26-/m0/s1. The molecular formula is C26H33N7O4. The number of fused-ring (bicyclic) bond motifs is 3. The van der Waals surface area contributed by atoms with E-state index in [2.05, 4.69) is 26.5 Å². The molecule has 4 heterocycles. The minimum absolute atomic E-state index is 0.00231. The number of hydrogen-bond acceptors (Lipinski definition) is 10. The lowest BCUT2D eigenvalue weighted by Crippen LogP contribution is -2.51. The summed E-state index contributed by atoms with van der Waals surface area (Å²) in [4.78, 5) is 24.1. The smallest absolute Gasteiger partial charge is 0.235 e. The Labute approximate surface area is 215 Å². The second-order valence-corrected chi connectivity index (χ2v) is 11.0. The molecule has 2 aromatic rings. The third-order valence-electron chi connectivity index (χ3n) is 9.14. The van der Waals surface area contributed by atoms with Crippen LogP contribution in [0.3, 0.4) is 0 Å². The molecule has 37 heavy (non-hydrogen) atoms. The Morgan fingerprint density at radius 3 is 2.84 bits per heavy atom. The van der Waals surface area contributed by atoms with Gasteiger partial charge in [0.2, 0.25) is 11.9 Å². The van der Waals surface area contributed by atoms with Crippen molar-refractivity contribution in [1.82, 2.24) is 20.8 Å². The highest BCUT2D eigenvalue weighted by atomic mass is 16.5. The quantitative estimate of drug-likeness (QED) is 0.389. The Kier molecular flexibility index (Phi) is 5.24. The molecule has 5 N–H and O–H groups in total. The van der Waals surface area contributed by atoms with Gasteiger partial charge in [0.1, 0.15) is 5.75 Å². The van der Waals surface area contributed by atoms with Crippen LogP contribution in [0.15, 0.2) is 24.4 Å². The molecule has 7 rings (SSSR count). The number of rotatable bonds is 6. The largest absolute Gasteiger partial charge is 0.497 e. The average molecular weight is 508 g/mol. The fraction of sp³-hybridized carbons (Fsp3) is 0.577. The van der Waals surface area contributed by atoms with Crippen LogP contribution >= 0.6 is 0 Å². The monoisotopic (exact) mass is 507 g/mol. The Bertz CT molecular complexity index is 1240. The molecule has 5 aliphatic rings. The molecule has 1 aromatic carbocycles. The molecule has 3 aliphatic heterocycles. The number of ether oxygens (including phenoxy) is 2. The summed E-state index contributed by atoms with van der Waals surface area (Å²) in [6.07, 6.45) is 5.41. The van der Waals surface area contributed by atoms with Crippen molar-refractivity contribution in [3.05, 3.63) is 30.0 Å². The molecule has 0 radical (unpaired) electrons. The summed E-state index contributed by atoms with van der Waals surface area (Å²) in [7, 11) is 3.28. The number of amides is 1. The van der Waals surface area contributed by atoms with Crippen molar-refractivity contribution in [1.29, 1.82) is 0 Å². The molecule has 4 unspecified atom stereocenters. The molecule has 2 saturated heterocycles. The second kappa shape index (κ2) is 8.44. The van der Waals surface area contributed by atoms with Crippen LogP contribution in [-0.2, 0) is 10.2 Å². The summed E-state index contributed by atoms with van der Waals surface area (Å²) in [6.45, 7) is 1.08. The maximum absolute atomic E-state index is 13.1. The summed E-state index contributed by atoms with van der Waals surface area (Å²) in [5.74, 6) is 3.97. The average Bonchev–Trinajstić information content (AvgIpc) is 3.45. The van der Waals surface area contributed by atoms with Crippen LogP contribution in [0.5, 0.6) is 11.5 Å². The summed E-state index contributed by atoms with van der Waals surface area (Å²) >= 11 is 0. The van der Waals surface area contributed by atoms with Crippen LogP contribution < -0.4 is 35.9 Å². The van der Waals surface area contributed by atoms with Crippen molar-refractivity contribution in [3.8, 4) is 11.5 Å². The van der Waals surface area contributed by atoms with E-state index in [-0.39, 0.29) is 18.2 Å². The second-order valence-electron chi connectivity index (χ2n) is 11.0. The van der Waals surface area contributed by atoms with Crippen molar-refractivity contribution in [2.24, 2.45) is 17.8 Å². The van der Waals surface area contributed by atoms with Crippen molar-refractivity contribution in [3.63, 3.8) is 0 Å². The van der Waals surface area contributed by atoms with E-state index in [0.29, 0.717) is 54.4 Å². The van der Waals surface area contributed by atoms with E-state index in [1.807, 2.05) is 23.1 Å². The molecule has 196 valence electrons. The molecule has 4 fully saturated rings. The number of aliphatic hydroxyl groups excluding tert-OH is 1. The van der Waals surface area contributed by atoms with Gasteiger partial charge in [0.25, 0.3) is 0 Å². The molecular weight excluding hydrogens is 474 g/mol. The highest BCUT2D eigenvalue weighted by molar-refractivity contribution is 6.09. The van der Waals surface area contributed by atoms with Gasteiger partial charge in [-0.1, -0.05) is 0 Å². The molecule has 1 amide bonds. The lowest BCUT2D eigenvalue weighted by molar-refractivity contribution is -0.118. The fourth-order valence-corrected chi connectivity index (χ4v) is 7.05. The molecule has 0 bridgehead atoms. The van der Waals surface area contributed by atoms with Crippen LogP contribution in [0.1, 0.15) is 31.2 Å². The predicted molar refractivity (Wildman–Crippen MR) is 137 cm³/mol. The normalized spacial score (nSPS) is 34.0. The van der Waals surface area contributed by atoms with E-state index >= 15 is 0 Å². The van der Waals surface area contributed by atoms with Gasteiger partial charge >= 0.3 is 0 Å². The number of aromatic nitrogens is 2. The van der Waals surface area contributed by atoms with Crippen molar-refractivity contribution < 1.29 is 19.4 Å². The first kappa shape index (κ1) is 23.0. The summed E-state index contributed by atoms with van der Waals surface area (Å²) in [5, 5.41) is 16.3. The third-order valence-corrected chi connectivity index (χ3v) is 9.14. The molecule has 1 spiro atoms. The molecule has 11 nitrogen and oxygen atoms in total. The van der Waals surface area contributed by atoms with Gasteiger partial charge < -0.3 is 30.1 Å². The number of anilines is 3. The minimum atomic E-state index is -0.403. The number of carbonyl (C=O) groups excluding carboxylic acids is 1. The number of hydrazine groups is 1. The number of β-amino-alcohol motifs (C(OH)–C–C–N with tert-alkyl or cyclic N) is 1. The lowest BCUT2D eigenvalue weighted by atomic mass is 9.74. The molecule has 2 saturated carbocycles. The van der Waals surface area contributed by atoms with Crippen LogP contribution in [-0.4, -0.2) is 66.6 Å². The van der Waals surface area contributed by atoms with Crippen LogP contribution in [0.2, 0.25) is 0 Å². The fourth-order valence-electron chi connectivity index (χ4n) is 7.05. The van der Waals surface area contributed by atoms with Gasteiger partial charge in [0, 0.05) is 30.7 Å². The first-order valence-electron chi connectivity index (χ1n) is 13.1. The number of carbonyl (C=O) groups is 1. The number of aliphatic hydroxyl groups is 1. The number of methoxy groups -OCH3 is 2. The Hall–Kier alpha value is -3.15. The lowest BCUT2D eigenvalue weighted by Gasteiger charge is -2.36. The number of nitrogens with one attached hydrogen (secondary N) is 4. The summed E-state index contributed by atoms with van der Waals surface area (Å²) in [6, 6.07) is 6.21. The van der Waals surface area contributed by atoms with E-state index in [9.17, 15) is 9.90 Å². The summed E-state index contributed by atoms with van der Waals surface area (Å²) in [5.41, 5.74) is 8.57. The third kappa shape index (κ3) is 3.55. The minimum Gasteiger partial charge on any atom is -0.497 e. The van der Waals surface area contributed by atoms with Gasteiger partial charge in [0.05, 0.1) is 38.1 Å². The van der Waals surface area contributed by atoms with E-state index in [0.717, 1.165) is 42.7 Å². The first-order chi connectivity index (χ1) is 18.0. The number of nitrogens with zero attached hydrogens (tertiary/aromatic N) is 3. The maximum Gasteiger partial charge on any atom is 0.235 e. The molecule has 1 aromatic heterocycles. The van der Waals surface area contributed by atoms with E-state index in [1.54, 1.807) is 20.4 Å². The van der Waals surface area contributed by atoms with Gasteiger partial charge in [-0.25, -0.2) is 10.4 Å². The van der Waals surface area contributed by atoms with Gasteiger partial charge in [0.15, 0.2) is 11.6 Å². The highest BCUT2D eigenvalue weighted by Crippen LogP contribution is 2.65. The molecule has 2 aliphatic carbocycles. The van der Waals surface area contributed by atoms with Crippen LogP contribution in [0, 0.1) is 17.8 Å². The zero-order valence-electron chi connectivity index (χ0n) is 21.0. The van der Waals surface area contributed by atoms with Gasteiger partial charge in [-0.05, 0) is 61.3 Å². The van der Waals surface area contributed by atoms with E-state index in [1.165, 1.54) is 0 Å². The SMILES string of the molecule is COc1ccc2c(c1)[C@]1(C[C@H]1C1CCC3C(C1)NNC3Nc1nc(N3CC(O)C3)ncc1OC)C(=O)N2. The summed E-state index contributed by atoms with van der Waals surface area (Å²) < 4.78 is 11.0. The Balaban J connectivity index is 1.04. The zero-order valence-corrected chi connectivity index (χ0v) is 21.0. The Morgan fingerprint density at radius 1 is 1.19 bits per heavy atom. The zero-order chi connectivity index (χ0) is 25.3. The van der Waals surface area contributed by atoms with Crippen molar-refractivity contribution in [2.75, 3.05) is 42.8 Å². The number of benzene rings is 1. The van der Waals surface area contributed by atoms with Crippen LogP contribution in [0.4, 0.5) is 17.5 Å². The van der Waals surface area contributed by atoms with Crippen LogP contribution in [0.25, 0.3) is 0 Å². The Morgan fingerprint density at radius 2 is 2.05 bits per heavy atom. The van der Waals surface area contributed by atoms with E-state index < -0.39 is 5.41 Å². The van der Waals surface area contributed by atoms with Gasteiger partial charge in [-0.15, -0.1) is 0 Å². The molecule has 11 heteroatoms. The highest BCUT2D eigenvalue weighted by Gasteiger charge is 2.67. The first-order valence-corrected chi connectivity index (χ1v) is 13.1. The van der Waals surface area contributed by atoms with Crippen molar-refractivity contribution >= 4 is 23.4 Å². The molecule has 6 atom stereocenters. The predicted octanol–water partition coefficient (Wildman–Crippen LogP) is 1.22. The van der Waals surface area contributed by atoms with E-state index in [4.69, 9.17) is 14.5 Å². The maximum atomic E-state index is 13.1. The number of hydrogen-bond donors (Lipinski definition) is 5. The van der Waals surface area contributed by atoms with Gasteiger partial charge in [-0.3, -0.25) is 10.2 Å². The van der Waals surface area contributed by atoms with Gasteiger partial charge in [-0.2, -0.15) is 4.98 Å².